The Morgan fingerprint density at radius 3 is 2.38 bits per heavy atom. The smallest absolute Gasteiger partial charge is 0.237 e. The molecule has 2 N–H and O–H groups in total. The predicted molar refractivity (Wildman–Crippen MR) is 170 cm³/mol. The summed E-state index contributed by atoms with van der Waals surface area (Å²) in [6.07, 6.45) is 1.60. The van der Waals surface area contributed by atoms with E-state index < -0.39 is 6.04 Å². The fraction of sp³-hybridized carbons (Fsp3) is 0.375. The quantitative estimate of drug-likeness (QED) is 0.227. The summed E-state index contributed by atoms with van der Waals surface area (Å²) in [5.41, 5.74) is 1.89. The molecule has 42 heavy (non-hydrogen) atoms. The van der Waals surface area contributed by atoms with Crippen LogP contribution in [-0.4, -0.2) is 56.8 Å². The van der Waals surface area contributed by atoms with Gasteiger partial charge < -0.3 is 30.0 Å². The minimum atomic E-state index is -0.402. The number of amides is 3. The number of hydrogen-bond acceptors (Lipinski definition) is 6. The second kappa shape index (κ2) is 15.5. The van der Waals surface area contributed by atoms with Crippen LogP contribution in [0.4, 0.5) is 11.4 Å². The molecule has 0 saturated heterocycles. The molecule has 224 valence electrons. The van der Waals surface area contributed by atoms with E-state index in [1.165, 1.54) is 6.92 Å². The van der Waals surface area contributed by atoms with Crippen molar-refractivity contribution in [3.63, 3.8) is 0 Å². The van der Waals surface area contributed by atoms with Crippen LogP contribution in [0.5, 0.6) is 5.75 Å². The van der Waals surface area contributed by atoms with Crippen molar-refractivity contribution in [2.24, 2.45) is 0 Å². The van der Waals surface area contributed by atoms with E-state index in [1.54, 1.807) is 49.1 Å². The van der Waals surface area contributed by atoms with Crippen LogP contribution in [0, 0.1) is 0 Å². The molecule has 2 atom stereocenters. The molecule has 0 radical (unpaired) electrons. The number of benzene rings is 3. The van der Waals surface area contributed by atoms with Crippen LogP contribution in [0.3, 0.4) is 0 Å². The molecule has 0 saturated carbocycles. The van der Waals surface area contributed by atoms with Crippen LogP contribution in [0.2, 0.25) is 0 Å². The summed E-state index contributed by atoms with van der Waals surface area (Å²) < 4.78 is 6.61. The molecule has 10 heteroatoms. The average Bonchev–Trinajstić information content (AvgIpc) is 2.97. The highest BCUT2D eigenvalue weighted by atomic mass is 79.9. The van der Waals surface area contributed by atoms with Crippen molar-refractivity contribution in [1.29, 1.82) is 0 Å². The standard InChI is InChI=1S/C32H39BrN4O5/c1-21(35-32(41)23(3)34-4)18-37(31(40)12-8-9-22(2)39)29-11-7-6-10-28(29)36(20-38)19-27-26-15-14-25(33)17-24(26)13-16-30(27)42-5/h6-7,10-11,13-17,20-21,23,34H,8-9,12,18-19H2,1-5H3,(H,35,41)/t21?,23-/m0/s1. The Balaban J connectivity index is 2.02. The van der Waals surface area contributed by atoms with Gasteiger partial charge in [0.2, 0.25) is 18.2 Å². The van der Waals surface area contributed by atoms with Gasteiger partial charge in [0, 0.05) is 35.5 Å². The number of halogens is 1. The molecular weight excluding hydrogens is 600 g/mol. The minimum Gasteiger partial charge on any atom is -0.496 e. The number of methoxy groups -OCH3 is 1. The number of carbonyl (C=O) groups is 4. The van der Waals surface area contributed by atoms with Gasteiger partial charge in [0.15, 0.2) is 0 Å². The first-order chi connectivity index (χ1) is 20.1. The largest absolute Gasteiger partial charge is 0.496 e. The van der Waals surface area contributed by atoms with Crippen molar-refractivity contribution in [3.05, 3.63) is 64.6 Å². The molecule has 0 aliphatic heterocycles. The van der Waals surface area contributed by atoms with Crippen molar-refractivity contribution in [2.45, 2.75) is 58.7 Å². The topological polar surface area (TPSA) is 108 Å². The molecule has 3 rings (SSSR count). The summed E-state index contributed by atoms with van der Waals surface area (Å²) in [5, 5.41) is 7.79. The summed E-state index contributed by atoms with van der Waals surface area (Å²) in [7, 11) is 3.29. The second-order valence-electron chi connectivity index (χ2n) is 10.3. The summed E-state index contributed by atoms with van der Waals surface area (Å²) >= 11 is 3.52. The normalized spacial score (nSPS) is 12.3. The second-order valence-corrected chi connectivity index (χ2v) is 11.2. The number of rotatable bonds is 15. The van der Waals surface area contributed by atoms with Gasteiger partial charge in [0.25, 0.3) is 0 Å². The number of nitrogens with zero attached hydrogens (tertiary/aromatic N) is 2. The van der Waals surface area contributed by atoms with Gasteiger partial charge in [0.05, 0.1) is 31.1 Å². The first kappa shape index (κ1) is 32.8. The van der Waals surface area contributed by atoms with Crippen molar-refractivity contribution in [2.75, 3.05) is 30.5 Å². The van der Waals surface area contributed by atoms with Crippen molar-refractivity contribution < 1.29 is 23.9 Å². The molecule has 9 nitrogen and oxygen atoms in total. The fourth-order valence-corrected chi connectivity index (χ4v) is 5.14. The Hall–Kier alpha value is -3.76. The molecule has 0 spiro atoms. The Kier molecular flexibility index (Phi) is 12.1. The third kappa shape index (κ3) is 8.39. The first-order valence-electron chi connectivity index (χ1n) is 13.9. The highest BCUT2D eigenvalue weighted by Crippen LogP contribution is 2.35. The minimum absolute atomic E-state index is 0.0135. The molecule has 0 heterocycles. The van der Waals surface area contributed by atoms with Crippen LogP contribution in [-0.2, 0) is 25.7 Å². The van der Waals surface area contributed by atoms with E-state index in [4.69, 9.17) is 4.74 Å². The van der Waals surface area contributed by atoms with Gasteiger partial charge in [0.1, 0.15) is 11.5 Å². The molecule has 3 aromatic carbocycles. The van der Waals surface area contributed by atoms with Crippen molar-refractivity contribution in [1.82, 2.24) is 10.6 Å². The van der Waals surface area contributed by atoms with Crippen molar-refractivity contribution >= 4 is 62.1 Å². The molecule has 0 fully saturated rings. The number of Topliss-reactive ketones (excluding diaryl/α,β-unsaturated/α-hetero) is 1. The maximum atomic E-state index is 13.6. The number of para-hydroxylation sites is 2. The Morgan fingerprint density at radius 2 is 1.74 bits per heavy atom. The maximum Gasteiger partial charge on any atom is 0.237 e. The van der Waals surface area contributed by atoms with E-state index in [1.807, 2.05) is 43.3 Å². The zero-order valence-electron chi connectivity index (χ0n) is 24.8. The van der Waals surface area contributed by atoms with Gasteiger partial charge in [-0.1, -0.05) is 40.2 Å². The van der Waals surface area contributed by atoms with Gasteiger partial charge in [-0.15, -0.1) is 0 Å². The summed E-state index contributed by atoms with van der Waals surface area (Å²) in [6.45, 7) is 5.46. The van der Waals surface area contributed by atoms with E-state index in [0.29, 0.717) is 30.0 Å². The monoisotopic (exact) mass is 638 g/mol. The van der Waals surface area contributed by atoms with E-state index in [-0.39, 0.29) is 43.1 Å². The predicted octanol–water partition coefficient (Wildman–Crippen LogP) is 4.98. The van der Waals surface area contributed by atoms with Gasteiger partial charge in [-0.3, -0.25) is 14.4 Å². The highest BCUT2D eigenvalue weighted by molar-refractivity contribution is 9.10. The van der Waals surface area contributed by atoms with Crippen LogP contribution in [0.15, 0.2) is 59.1 Å². The average molecular weight is 640 g/mol. The zero-order chi connectivity index (χ0) is 30.8. The molecule has 1 unspecified atom stereocenters. The van der Waals surface area contributed by atoms with Crippen LogP contribution >= 0.6 is 15.9 Å². The number of ketones is 1. The lowest BCUT2D eigenvalue weighted by atomic mass is 10.0. The van der Waals surface area contributed by atoms with Crippen molar-refractivity contribution in [3.8, 4) is 5.75 Å². The molecule has 3 amide bonds. The fourth-order valence-electron chi connectivity index (χ4n) is 4.76. The lowest BCUT2D eigenvalue weighted by Gasteiger charge is -2.31. The highest BCUT2D eigenvalue weighted by Gasteiger charge is 2.25. The van der Waals surface area contributed by atoms with E-state index in [0.717, 1.165) is 27.2 Å². The molecule has 3 aromatic rings. The Labute approximate surface area is 255 Å². The molecular formula is C32H39BrN4O5. The van der Waals surface area contributed by atoms with E-state index in [2.05, 4.69) is 26.6 Å². The number of carbonyl (C=O) groups excluding carboxylic acids is 4. The first-order valence-corrected chi connectivity index (χ1v) is 14.7. The summed E-state index contributed by atoms with van der Waals surface area (Å²) in [6, 6.07) is 16.2. The lowest BCUT2D eigenvalue weighted by molar-refractivity contribution is -0.124. The summed E-state index contributed by atoms with van der Waals surface area (Å²) in [4.78, 5) is 53.5. The third-order valence-corrected chi connectivity index (χ3v) is 7.59. The van der Waals surface area contributed by atoms with Crippen LogP contribution in [0.25, 0.3) is 10.8 Å². The molecule has 0 bridgehead atoms. The van der Waals surface area contributed by atoms with E-state index in [9.17, 15) is 19.2 Å². The Morgan fingerprint density at radius 1 is 1.02 bits per heavy atom. The van der Waals surface area contributed by atoms with Gasteiger partial charge >= 0.3 is 0 Å². The number of hydrogen-bond donors (Lipinski definition) is 2. The number of anilines is 2. The number of nitrogens with one attached hydrogen (secondary N) is 2. The molecule has 0 aliphatic carbocycles. The van der Waals surface area contributed by atoms with Gasteiger partial charge in [-0.05, 0) is 75.3 Å². The van der Waals surface area contributed by atoms with Crippen LogP contribution < -0.4 is 25.2 Å². The number of fused-ring (bicyclic) bond motifs is 1. The maximum absolute atomic E-state index is 13.6. The van der Waals surface area contributed by atoms with Gasteiger partial charge in [-0.2, -0.15) is 0 Å². The Bertz CT molecular complexity index is 1430. The van der Waals surface area contributed by atoms with Gasteiger partial charge in [-0.25, -0.2) is 0 Å². The SMILES string of the molecule is CN[C@@H](C)C(=O)NC(C)CN(C(=O)CCCC(C)=O)c1ccccc1N(C=O)Cc1c(OC)ccc2cc(Br)ccc12. The van der Waals surface area contributed by atoms with Crippen LogP contribution in [0.1, 0.15) is 45.6 Å². The lowest BCUT2D eigenvalue weighted by Crippen LogP contribution is -2.49. The number of likely N-dealkylation sites (N-methyl/N-ethyl adjacent to an activating group) is 1. The third-order valence-electron chi connectivity index (χ3n) is 7.10. The van der Waals surface area contributed by atoms with E-state index >= 15 is 0 Å². The molecule has 0 aromatic heterocycles. The molecule has 0 aliphatic rings. The summed E-state index contributed by atoms with van der Waals surface area (Å²) in [5.74, 6) is 0.261. The number of ether oxygens (including phenoxy) is 1. The zero-order valence-corrected chi connectivity index (χ0v) is 26.4.